The first kappa shape index (κ1) is 9.04. The van der Waals surface area contributed by atoms with Crippen LogP contribution in [0.3, 0.4) is 0 Å². The fourth-order valence-electron chi connectivity index (χ4n) is 2.05. The number of furan rings is 2. The van der Waals surface area contributed by atoms with E-state index in [9.17, 15) is 0 Å². The van der Waals surface area contributed by atoms with E-state index in [0.717, 1.165) is 38.4 Å². The van der Waals surface area contributed by atoms with E-state index < -0.39 is 0 Å². The second-order valence-electron chi connectivity index (χ2n) is 3.56. The number of halogens is 1. The Morgan fingerprint density at radius 2 is 1.73 bits per heavy atom. The van der Waals surface area contributed by atoms with Gasteiger partial charge in [0.2, 0.25) is 0 Å². The van der Waals surface area contributed by atoms with E-state index in [2.05, 4.69) is 22.9 Å². The third kappa shape index (κ3) is 1.10. The van der Waals surface area contributed by atoms with Gasteiger partial charge < -0.3 is 8.83 Å². The molecule has 0 bridgehead atoms. The van der Waals surface area contributed by atoms with Crippen molar-refractivity contribution in [2.75, 3.05) is 0 Å². The van der Waals surface area contributed by atoms with Crippen molar-refractivity contribution < 1.29 is 8.83 Å². The summed E-state index contributed by atoms with van der Waals surface area (Å²) < 4.78 is 11.0. The van der Waals surface area contributed by atoms with E-state index in [1.165, 1.54) is 0 Å². The fraction of sp³-hybridized carbons (Fsp3) is 0.167. The third-order valence-corrected chi connectivity index (χ3v) is 3.37. The maximum absolute atomic E-state index is 5.53. The molecule has 3 heteroatoms. The van der Waals surface area contributed by atoms with Gasteiger partial charge in [0.25, 0.3) is 0 Å². The molecule has 76 valence electrons. The zero-order valence-electron chi connectivity index (χ0n) is 8.21. The molecular weight excluding hydrogens is 256 g/mol. The minimum Gasteiger partial charge on any atom is -0.464 e. The monoisotopic (exact) mass is 264 g/mol. The van der Waals surface area contributed by atoms with Gasteiger partial charge in [-0.2, -0.15) is 0 Å². The molecule has 3 rings (SSSR count). The van der Waals surface area contributed by atoms with E-state index in [1.807, 2.05) is 12.1 Å². The predicted octanol–water partition coefficient (Wildman–Crippen LogP) is 4.38. The highest BCUT2D eigenvalue weighted by Gasteiger charge is 2.14. The van der Waals surface area contributed by atoms with Gasteiger partial charge in [0.15, 0.2) is 0 Å². The molecule has 0 aliphatic carbocycles. The van der Waals surface area contributed by atoms with Crippen LogP contribution >= 0.6 is 15.9 Å². The summed E-state index contributed by atoms with van der Waals surface area (Å²) >= 11 is 3.49. The molecule has 0 saturated heterocycles. The molecule has 0 aliphatic rings. The van der Waals surface area contributed by atoms with E-state index >= 15 is 0 Å². The summed E-state index contributed by atoms with van der Waals surface area (Å²) in [5.74, 6) is 0. The lowest BCUT2D eigenvalue weighted by molar-refractivity contribution is 0.609. The topological polar surface area (TPSA) is 26.3 Å². The Kier molecular flexibility index (Phi) is 1.89. The van der Waals surface area contributed by atoms with Crippen LogP contribution < -0.4 is 0 Å². The number of rotatable bonds is 1. The Balaban J connectivity index is 2.64. The van der Waals surface area contributed by atoms with Gasteiger partial charge in [0.05, 0.1) is 12.5 Å². The number of aryl methyl sites for hydroxylation is 1. The largest absolute Gasteiger partial charge is 0.464 e. The first-order valence-corrected chi connectivity index (χ1v) is 5.87. The van der Waals surface area contributed by atoms with Crippen molar-refractivity contribution in [3.05, 3.63) is 35.8 Å². The molecule has 0 fully saturated rings. The first-order valence-electron chi connectivity index (χ1n) is 4.74. The number of fused-ring (bicyclic) bond motifs is 2. The second-order valence-corrected chi connectivity index (χ2v) is 4.12. The standard InChI is InChI=1S/C12H9BrO2/c1-7-8-2-4-15-12(8)10(6-13)9-3-5-14-11(7)9/h2-5H,6H2,1H3. The van der Waals surface area contributed by atoms with Crippen LogP contribution in [0, 0.1) is 6.92 Å². The number of benzene rings is 1. The summed E-state index contributed by atoms with van der Waals surface area (Å²) in [6.07, 6.45) is 3.45. The average molecular weight is 265 g/mol. The lowest BCUT2D eigenvalue weighted by Gasteiger charge is -2.03. The molecule has 15 heavy (non-hydrogen) atoms. The highest BCUT2D eigenvalue weighted by atomic mass is 79.9. The second kappa shape index (κ2) is 3.14. The average Bonchev–Trinajstić information content (AvgIpc) is 2.85. The van der Waals surface area contributed by atoms with Gasteiger partial charge in [-0.25, -0.2) is 0 Å². The number of alkyl halides is 1. The highest BCUT2D eigenvalue weighted by Crippen LogP contribution is 2.34. The third-order valence-electron chi connectivity index (χ3n) is 2.81. The minimum absolute atomic E-state index is 0.771. The smallest absolute Gasteiger partial charge is 0.139 e. The molecule has 2 nitrogen and oxygen atoms in total. The van der Waals surface area contributed by atoms with Gasteiger partial charge in [0, 0.05) is 27.2 Å². The molecule has 0 atom stereocenters. The van der Waals surface area contributed by atoms with Crippen LogP contribution in [0.15, 0.2) is 33.5 Å². The lowest BCUT2D eigenvalue weighted by atomic mass is 10.0. The van der Waals surface area contributed by atoms with Crippen LogP contribution in [0.4, 0.5) is 0 Å². The predicted molar refractivity (Wildman–Crippen MR) is 63.4 cm³/mol. The summed E-state index contributed by atoms with van der Waals surface area (Å²) in [5, 5.41) is 3.03. The maximum atomic E-state index is 5.53. The van der Waals surface area contributed by atoms with Gasteiger partial charge in [0.1, 0.15) is 11.2 Å². The quantitative estimate of drug-likeness (QED) is 0.610. The van der Waals surface area contributed by atoms with Crippen LogP contribution in [0.1, 0.15) is 11.1 Å². The number of hydrogen-bond acceptors (Lipinski definition) is 2. The molecule has 3 aromatic rings. The lowest BCUT2D eigenvalue weighted by Crippen LogP contribution is -1.84. The van der Waals surface area contributed by atoms with Gasteiger partial charge in [-0.1, -0.05) is 15.9 Å². The molecule has 2 aromatic heterocycles. The Morgan fingerprint density at radius 3 is 2.47 bits per heavy atom. The Labute approximate surface area is 95.0 Å². The zero-order chi connectivity index (χ0) is 10.4. The van der Waals surface area contributed by atoms with E-state index in [1.54, 1.807) is 12.5 Å². The van der Waals surface area contributed by atoms with Crippen molar-refractivity contribution >= 4 is 37.9 Å². The molecule has 0 saturated carbocycles. The Bertz CT molecular complexity index is 582. The summed E-state index contributed by atoms with van der Waals surface area (Å²) in [6, 6.07) is 3.97. The fourth-order valence-corrected chi connectivity index (χ4v) is 2.61. The molecule has 1 aromatic carbocycles. The van der Waals surface area contributed by atoms with Gasteiger partial charge in [-0.05, 0) is 19.1 Å². The SMILES string of the molecule is Cc1c2ccoc2c(CBr)c2ccoc12. The molecule has 0 amide bonds. The van der Waals surface area contributed by atoms with E-state index in [0.29, 0.717) is 0 Å². The van der Waals surface area contributed by atoms with Crippen LogP contribution in [0.5, 0.6) is 0 Å². The Hall–Kier alpha value is -1.22. The minimum atomic E-state index is 0.771. The van der Waals surface area contributed by atoms with Crippen molar-refractivity contribution in [1.29, 1.82) is 0 Å². The van der Waals surface area contributed by atoms with E-state index in [-0.39, 0.29) is 0 Å². The van der Waals surface area contributed by atoms with Gasteiger partial charge >= 0.3 is 0 Å². The molecular formula is C12H9BrO2. The van der Waals surface area contributed by atoms with E-state index in [4.69, 9.17) is 8.83 Å². The highest BCUT2D eigenvalue weighted by molar-refractivity contribution is 9.08. The summed E-state index contributed by atoms with van der Waals surface area (Å²) in [6.45, 7) is 2.06. The molecule has 0 spiro atoms. The molecule has 2 heterocycles. The van der Waals surface area contributed by atoms with Crippen molar-refractivity contribution in [3.8, 4) is 0 Å². The maximum Gasteiger partial charge on any atom is 0.139 e. The first-order chi connectivity index (χ1) is 7.33. The Morgan fingerprint density at radius 1 is 1.07 bits per heavy atom. The molecule has 0 aliphatic heterocycles. The normalized spacial score (nSPS) is 11.6. The summed E-state index contributed by atoms with van der Waals surface area (Å²) in [5.41, 5.74) is 4.21. The van der Waals surface area contributed by atoms with Gasteiger partial charge in [-0.15, -0.1) is 0 Å². The van der Waals surface area contributed by atoms with Gasteiger partial charge in [-0.3, -0.25) is 0 Å². The molecule has 0 N–H and O–H groups in total. The molecule has 0 unspecified atom stereocenters. The summed E-state index contributed by atoms with van der Waals surface area (Å²) in [4.78, 5) is 0. The summed E-state index contributed by atoms with van der Waals surface area (Å²) in [7, 11) is 0. The number of hydrogen-bond donors (Lipinski definition) is 0. The zero-order valence-corrected chi connectivity index (χ0v) is 9.80. The van der Waals surface area contributed by atoms with Crippen molar-refractivity contribution in [3.63, 3.8) is 0 Å². The van der Waals surface area contributed by atoms with Crippen molar-refractivity contribution in [2.45, 2.75) is 12.3 Å². The van der Waals surface area contributed by atoms with Crippen LogP contribution in [0.2, 0.25) is 0 Å². The van der Waals surface area contributed by atoms with Crippen LogP contribution in [-0.4, -0.2) is 0 Å². The van der Waals surface area contributed by atoms with Crippen molar-refractivity contribution in [2.24, 2.45) is 0 Å². The van der Waals surface area contributed by atoms with Crippen molar-refractivity contribution in [1.82, 2.24) is 0 Å². The van der Waals surface area contributed by atoms with Crippen LogP contribution in [0.25, 0.3) is 21.9 Å². The molecule has 0 radical (unpaired) electrons. The van der Waals surface area contributed by atoms with Crippen LogP contribution in [-0.2, 0) is 5.33 Å².